The molecule has 0 aliphatic carbocycles. The molecular weight excluding hydrogens is 647 g/mol. The number of nitrogens with zero attached hydrogens (tertiary/aromatic N) is 6. The zero-order valence-corrected chi connectivity index (χ0v) is 28.7. The quantitative estimate of drug-likeness (QED) is 0.168. The van der Waals surface area contributed by atoms with Crippen LogP contribution in [0.1, 0.15) is 37.3 Å². The van der Waals surface area contributed by atoms with Crippen molar-refractivity contribution in [1.82, 2.24) is 29.3 Å². The number of carbonyl (C=O) groups excluding carboxylic acids is 1. The van der Waals surface area contributed by atoms with Gasteiger partial charge in [-0.2, -0.15) is 11.3 Å². The van der Waals surface area contributed by atoms with E-state index in [9.17, 15) is 14.7 Å². The van der Waals surface area contributed by atoms with Crippen LogP contribution in [-0.4, -0.2) is 73.8 Å². The Kier molecular flexibility index (Phi) is 8.97. The van der Waals surface area contributed by atoms with Gasteiger partial charge in [0.2, 0.25) is 11.9 Å². The molecule has 1 atom stereocenters. The highest BCUT2D eigenvalue weighted by atomic mass is 32.1. The van der Waals surface area contributed by atoms with Crippen LogP contribution in [0.25, 0.3) is 33.5 Å². The minimum absolute atomic E-state index is 0.0788. The Morgan fingerprint density at radius 3 is 2.20 bits per heavy atom. The molecule has 2 N–H and O–H groups in total. The number of imidazole rings is 2. The second-order valence-corrected chi connectivity index (χ2v) is 14.2. The average Bonchev–Trinajstić information content (AvgIpc) is 3.91. The van der Waals surface area contributed by atoms with Crippen molar-refractivity contribution in [3.63, 3.8) is 0 Å². The number of hydrogen-bond acceptors (Lipinski definition) is 6. The molecule has 2 saturated heterocycles. The van der Waals surface area contributed by atoms with E-state index in [1.54, 1.807) is 11.3 Å². The lowest BCUT2D eigenvalue weighted by atomic mass is 9.88. The molecule has 8 rings (SSSR count). The van der Waals surface area contributed by atoms with Gasteiger partial charge in [-0.25, -0.2) is 14.8 Å². The van der Waals surface area contributed by atoms with Gasteiger partial charge in [0, 0.05) is 44.2 Å². The Hall–Kier alpha value is -5.16. The van der Waals surface area contributed by atoms with E-state index in [0.29, 0.717) is 19.6 Å². The lowest BCUT2D eigenvalue weighted by molar-refractivity contribution is -0.125. The van der Waals surface area contributed by atoms with Gasteiger partial charge < -0.3 is 29.4 Å². The molecule has 10 nitrogen and oxygen atoms in total. The summed E-state index contributed by atoms with van der Waals surface area (Å²) in [6.07, 6.45) is 2.06. The summed E-state index contributed by atoms with van der Waals surface area (Å²) < 4.78 is 4.60. The largest absolute Gasteiger partial charge is 0.465 e. The predicted molar refractivity (Wildman–Crippen MR) is 198 cm³/mol. The first-order valence-corrected chi connectivity index (χ1v) is 18.5. The number of benzene rings is 3. The number of amides is 2. The fourth-order valence-corrected chi connectivity index (χ4v) is 8.49. The molecule has 0 saturated carbocycles. The maximum atomic E-state index is 13.9. The highest BCUT2D eigenvalue weighted by Crippen LogP contribution is 2.36. The van der Waals surface area contributed by atoms with E-state index >= 15 is 0 Å². The fourth-order valence-electron chi connectivity index (χ4n) is 7.83. The van der Waals surface area contributed by atoms with Gasteiger partial charge >= 0.3 is 6.09 Å². The second-order valence-electron chi connectivity index (χ2n) is 13.5. The molecule has 11 heteroatoms. The second kappa shape index (κ2) is 14.0. The molecule has 5 heterocycles. The molecule has 3 aromatic carbocycles. The van der Waals surface area contributed by atoms with E-state index < -0.39 is 6.09 Å². The third-order valence-electron chi connectivity index (χ3n) is 10.5. The Morgan fingerprint density at radius 1 is 0.820 bits per heavy atom. The van der Waals surface area contributed by atoms with Crippen molar-refractivity contribution < 1.29 is 14.7 Å². The zero-order valence-electron chi connectivity index (χ0n) is 27.9. The maximum absolute atomic E-state index is 13.9. The van der Waals surface area contributed by atoms with Crippen LogP contribution in [0.2, 0.25) is 0 Å². The van der Waals surface area contributed by atoms with Gasteiger partial charge in [-0.05, 0) is 78.3 Å². The molecule has 50 heavy (non-hydrogen) atoms. The van der Waals surface area contributed by atoms with E-state index in [0.717, 1.165) is 84.7 Å². The maximum Gasteiger partial charge on any atom is 0.407 e. The number of hydrogen-bond donors (Lipinski definition) is 2. The molecule has 2 fully saturated rings. The number of rotatable bonds is 9. The fraction of sp³-hybridized carbons (Fsp3) is 0.333. The molecule has 256 valence electrons. The van der Waals surface area contributed by atoms with Gasteiger partial charge in [0.1, 0.15) is 5.82 Å². The van der Waals surface area contributed by atoms with Gasteiger partial charge in [-0.3, -0.25) is 4.79 Å². The standard InChI is InChI=1S/C39H41N7O3S/c47-37(30-16-19-43(20-17-30)38-42-31-10-4-6-12-33(31)45(38)25-27-18-23-50-26-27)40-24-35(28-14-21-44(22-15-28)39(48)49)46-34-13-7-5-11-32(34)41-36(46)29-8-2-1-3-9-29/h1-13,18,23,26,28,30,35H,14-17,19-22,24-25H2,(H,40,47)(H,48,49). The minimum Gasteiger partial charge on any atom is -0.465 e. The van der Waals surface area contributed by atoms with Crippen LogP contribution in [0.3, 0.4) is 0 Å². The van der Waals surface area contributed by atoms with E-state index in [1.165, 1.54) is 10.5 Å². The number of piperidine rings is 2. The average molecular weight is 688 g/mol. The number of carboxylic acid groups (broad SMARTS) is 1. The van der Waals surface area contributed by atoms with Crippen LogP contribution in [0, 0.1) is 11.8 Å². The number of para-hydroxylation sites is 4. The molecule has 3 aromatic heterocycles. The van der Waals surface area contributed by atoms with Crippen LogP contribution in [0.4, 0.5) is 10.7 Å². The SMILES string of the molecule is O=C(NCC(C1CCN(C(=O)O)CC1)n1c(-c2ccccc2)nc2ccccc21)C1CCN(c2nc3ccccc3n2Cc2ccsc2)CC1. The molecule has 0 bridgehead atoms. The summed E-state index contributed by atoms with van der Waals surface area (Å²) in [6, 6.07) is 28.7. The van der Waals surface area contributed by atoms with E-state index in [-0.39, 0.29) is 23.8 Å². The topological polar surface area (TPSA) is 109 Å². The third-order valence-corrected chi connectivity index (χ3v) is 11.2. The predicted octanol–water partition coefficient (Wildman–Crippen LogP) is 7.13. The molecular formula is C39H41N7O3S. The van der Waals surface area contributed by atoms with Crippen LogP contribution < -0.4 is 10.2 Å². The summed E-state index contributed by atoms with van der Waals surface area (Å²) in [5.41, 5.74) is 6.31. The van der Waals surface area contributed by atoms with Gasteiger partial charge in [0.15, 0.2) is 0 Å². The van der Waals surface area contributed by atoms with E-state index in [2.05, 4.69) is 72.6 Å². The molecule has 6 aromatic rings. The molecule has 0 radical (unpaired) electrons. The summed E-state index contributed by atoms with van der Waals surface area (Å²) in [6.45, 7) is 3.69. The van der Waals surface area contributed by atoms with Gasteiger partial charge in [-0.1, -0.05) is 54.6 Å². The van der Waals surface area contributed by atoms with Gasteiger partial charge in [-0.15, -0.1) is 0 Å². The first-order chi connectivity index (χ1) is 24.5. The number of fused-ring (bicyclic) bond motifs is 2. The van der Waals surface area contributed by atoms with Crippen LogP contribution in [0.5, 0.6) is 0 Å². The lowest BCUT2D eigenvalue weighted by Crippen LogP contribution is -2.45. The van der Waals surface area contributed by atoms with Crippen molar-refractivity contribution >= 4 is 51.4 Å². The van der Waals surface area contributed by atoms with Gasteiger partial charge in [0.05, 0.1) is 34.7 Å². The summed E-state index contributed by atoms with van der Waals surface area (Å²) >= 11 is 1.70. The summed E-state index contributed by atoms with van der Waals surface area (Å²) in [5, 5.41) is 17.3. The lowest BCUT2D eigenvalue weighted by Gasteiger charge is -2.37. The summed E-state index contributed by atoms with van der Waals surface area (Å²) in [5.74, 6) is 1.98. The molecule has 2 aliphatic rings. The van der Waals surface area contributed by atoms with Crippen LogP contribution in [-0.2, 0) is 11.3 Å². The van der Waals surface area contributed by atoms with Crippen molar-refractivity contribution in [2.45, 2.75) is 38.3 Å². The Bertz CT molecular complexity index is 2090. The number of thiophene rings is 1. The molecule has 2 amide bonds. The Labute approximate surface area is 295 Å². The highest BCUT2D eigenvalue weighted by molar-refractivity contribution is 7.07. The highest BCUT2D eigenvalue weighted by Gasteiger charge is 2.34. The first-order valence-electron chi connectivity index (χ1n) is 17.5. The molecule has 0 spiro atoms. The smallest absolute Gasteiger partial charge is 0.407 e. The molecule has 1 unspecified atom stereocenters. The van der Waals surface area contributed by atoms with Gasteiger partial charge in [0.25, 0.3) is 0 Å². The Morgan fingerprint density at radius 2 is 1.50 bits per heavy atom. The Balaban J connectivity index is 1.01. The third kappa shape index (κ3) is 6.33. The van der Waals surface area contributed by atoms with E-state index in [1.807, 2.05) is 42.5 Å². The van der Waals surface area contributed by atoms with Crippen LogP contribution in [0.15, 0.2) is 95.7 Å². The van der Waals surface area contributed by atoms with Crippen molar-refractivity contribution in [1.29, 1.82) is 0 Å². The van der Waals surface area contributed by atoms with Crippen molar-refractivity contribution in [3.8, 4) is 11.4 Å². The molecule has 2 aliphatic heterocycles. The summed E-state index contributed by atoms with van der Waals surface area (Å²) in [7, 11) is 0. The van der Waals surface area contributed by atoms with E-state index in [4.69, 9.17) is 9.97 Å². The van der Waals surface area contributed by atoms with Crippen molar-refractivity contribution in [3.05, 3.63) is 101 Å². The minimum atomic E-state index is -0.875. The number of aromatic nitrogens is 4. The van der Waals surface area contributed by atoms with Crippen molar-refractivity contribution in [2.75, 3.05) is 37.6 Å². The zero-order chi connectivity index (χ0) is 34.0. The monoisotopic (exact) mass is 687 g/mol. The first kappa shape index (κ1) is 32.1. The number of nitrogens with one attached hydrogen (secondary N) is 1. The number of likely N-dealkylation sites (tertiary alicyclic amines) is 1. The summed E-state index contributed by atoms with van der Waals surface area (Å²) in [4.78, 5) is 39.6. The van der Waals surface area contributed by atoms with Crippen LogP contribution >= 0.6 is 11.3 Å². The number of carbonyl (C=O) groups is 2. The normalized spacial score (nSPS) is 16.6. The van der Waals surface area contributed by atoms with Crippen molar-refractivity contribution in [2.24, 2.45) is 11.8 Å². The number of anilines is 1.